The SMILES string of the molecule is CCC1C(CC)C(S)(CC)C1CC. The van der Waals surface area contributed by atoms with Crippen molar-refractivity contribution in [2.24, 2.45) is 17.8 Å². The minimum Gasteiger partial charge on any atom is -0.172 e. The van der Waals surface area contributed by atoms with Crippen molar-refractivity contribution in [3.05, 3.63) is 0 Å². The second-order valence-electron chi connectivity index (χ2n) is 4.45. The van der Waals surface area contributed by atoms with E-state index in [-0.39, 0.29) is 0 Å². The monoisotopic (exact) mass is 200 g/mol. The van der Waals surface area contributed by atoms with Gasteiger partial charge in [-0.3, -0.25) is 0 Å². The quantitative estimate of drug-likeness (QED) is 0.647. The number of hydrogen-bond donors (Lipinski definition) is 1. The van der Waals surface area contributed by atoms with Crippen LogP contribution in [0.2, 0.25) is 0 Å². The van der Waals surface area contributed by atoms with Crippen molar-refractivity contribution in [3.63, 3.8) is 0 Å². The minimum absolute atomic E-state index is 0.365. The molecule has 1 aliphatic carbocycles. The molecule has 78 valence electrons. The van der Waals surface area contributed by atoms with Crippen LogP contribution in [0.4, 0.5) is 0 Å². The van der Waals surface area contributed by atoms with Crippen LogP contribution in [-0.4, -0.2) is 4.75 Å². The van der Waals surface area contributed by atoms with Crippen molar-refractivity contribution in [1.82, 2.24) is 0 Å². The number of rotatable bonds is 4. The fourth-order valence-corrected chi connectivity index (χ4v) is 4.33. The molecule has 0 amide bonds. The summed E-state index contributed by atoms with van der Waals surface area (Å²) in [4.78, 5) is 0. The summed E-state index contributed by atoms with van der Waals surface area (Å²) in [5.41, 5.74) is 0. The van der Waals surface area contributed by atoms with Gasteiger partial charge in [-0.15, -0.1) is 0 Å². The van der Waals surface area contributed by atoms with Gasteiger partial charge >= 0.3 is 0 Å². The van der Waals surface area contributed by atoms with Crippen LogP contribution in [0.3, 0.4) is 0 Å². The van der Waals surface area contributed by atoms with E-state index in [2.05, 4.69) is 27.7 Å². The van der Waals surface area contributed by atoms with Gasteiger partial charge in [0.05, 0.1) is 0 Å². The lowest BCUT2D eigenvalue weighted by molar-refractivity contribution is -0.000788. The molecule has 1 heteroatoms. The van der Waals surface area contributed by atoms with Crippen LogP contribution < -0.4 is 0 Å². The molecule has 0 heterocycles. The van der Waals surface area contributed by atoms with Gasteiger partial charge < -0.3 is 0 Å². The first-order valence-corrected chi connectivity index (χ1v) is 6.32. The molecule has 0 aromatic rings. The van der Waals surface area contributed by atoms with Gasteiger partial charge in [0.15, 0.2) is 0 Å². The van der Waals surface area contributed by atoms with Crippen molar-refractivity contribution in [3.8, 4) is 0 Å². The lowest BCUT2D eigenvalue weighted by Gasteiger charge is -2.59. The van der Waals surface area contributed by atoms with Crippen molar-refractivity contribution >= 4 is 12.6 Å². The Hall–Kier alpha value is 0.350. The Morgan fingerprint density at radius 1 is 0.923 bits per heavy atom. The van der Waals surface area contributed by atoms with Crippen LogP contribution in [-0.2, 0) is 0 Å². The van der Waals surface area contributed by atoms with Gasteiger partial charge in [0.2, 0.25) is 0 Å². The Kier molecular flexibility index (Phi) is 3.73. The summed E-state index contributed by atoms with van der Waals surface area (Å²) in [6.45, 7) is 9.27. The van der Waals surface area contributed by atoms with E-state index in [4.69, 9.17) is 12.6 Å². The summed E-state index contributed by atoms with van der Waals surface area (Å²) < 4.78 is 0.365. The van der Waals surface area contributed by atoms with Crippen molar-refractivity contribution in [2.75, 3.05) is 0 Å². The summed E-state index contributed by atoms with van der Waals surface area (Å²) in [6.07, 6.45) is 5.21. The molecule has 0 bridgehead atoms. The van der Waals surface area contributed by atoms with Crippen molar-refractivity contribution in [1.29, 1.82) is 0 Å². The maximum atomic E-state index is 4.94. The van der Waals surface area contributed by atoms with E-state index in [9.17, 15) is 0 Å². The van der Waals surface area contributed by atoms with Crippen molar-refractivity contribution < 1.29 is 0 Å². The van der Waals surface area contributed by atoms with Crippen LogP contribution >= 0.6 is 12.6 Å². The Labute approximate surface area is 88.9 Å². The zero-order chi connectivity index (χ0) is 10.1. The molecule has 0 spiro atoms. The normalized spacial score (nSPS) is 44.5. The van der Waals surface area contributed by atoms with E-state index < -0.39 is 0 Å². The van der Waals surface area contributed by atoms with Crippen LogP contribution in [0, 0.1) is 17.8 Å². The molecule has 1 saturated carbocycles. The van der Waals surface area contributed by atoms with Crippen LogP contribution in [0.5, 0.6) is 0 Å². The van der Waals surface area contributed by atoms with Gasteiger partial charge in [0.25, 0.3) is 0 Å². The predicted molar refractivity (Wildman–Crippen MR) is 63.4 cm³/mol. The summed E-state index contributed by atoms with van der Waals surface area (Å²) in [5.74, 6) is 2.69. The molecule has 2 unspecified atom stereocenters. The fourth-order valence-electron chi connectivity index (χ4n) is 3.58. The first-order valence-electron chi connectivity index (χ1n) is 5.87. The second-order valence-corrected chi connectivity index (χ2v) is 5.28. The Morgan fingerprint density at radius 2 is 1.38 bits per heavy atom. The van der Waals surface area contributed by atoms with Gasteiger partial charge in [0, 0.05) is 4.75 Å². The Balaban J connectivity index is 2.73. The minimum atomic E-state index is 0.365. The van der Waals surface area contributed by atoms with E-state index in [1.807, 2.05) is 0 Å². The van der Waals surface area contributed by atoms with E-state index in [0.29, 0.717) is 4.75 Å². The molecule has 13 heavy (non-hydrogen) atoms. The van der Waals surface area contributed by atoms with Crippen molar-refractivity contribution in [2.45, 2.75) is 58.1 Å². The average Bonchev–Trinajstić information content (AvgIpc) is 2.14. The van der Waals surface area contributed by atoms with Crippen LogP contribution in [0.15, 0.2) is 0 Å². The highest BCUT2D eigenvalue weighted by molar-refractivity contribution is 7.82. The molecule has 0 radical (unpaired) electrons. The van der Waals surface area contributed by atoms with E-state index >= 15 is 0 Å². The second kappa shape index (κ2) is 4.25. The number of thiol groups is 1. The Morgan fingerprint density at radius 3 is 1.62 bits per heavy atom. The van der Waals surface area contributed by atoms with Gasteiger partial charge in [-0.05, 0) is 24.2 Å². The number of hydrogen-bond acceptors (Lipinski definition) is 1. The highest BCUT2D eigenvalue weighted by Crippen LogP contribution is 2.59. The van der Waals surface area contributed by atoms with Crippen LogP contribution in [0.1, 0.15) is 53.4 Å². The van der Waals surface area contributed by atoms with Gasteiger partial charge in [-0.2, -0.15) is 12.6 Å². The fraction of sp³-hybridized carbons (Fsp3) is 1.00. The third-order valence-electron chi connectivity index (χ3n) is 4.24. The van der Waals surface area contributed by atoms with E-state index in [1.54, 1.807) is 0 Å². The summed E-state index contributed by atoms with van der Waals surface area (Å²) in [5, 5.41) is 0. The summed E-state index contributed by atoms with van der Waals surface area (Å²) in [6, 6.07) is 0. The molecular weight excluding hydrogens is 176 g/mol. The van der Waals surface area contributed by atoms with Gasteiger partial charge in [0.1, 0.15) is 0 Å². The molecular formula is C12H24S. The largest absolute Gasteiger partial charge is 0.172 e. The maximum Gasteiger partial charge on any atom is 0.0188 e. The lowest BCUT2D eigenvalue weighted by atomic mass is 9.52. The topological polar surface area (TPSA) is 0 Å². The van der Waals surface area contributed by atoms with E-state index in [0.717, 1.165) is 17.8 Å². The van der Waals surface area contributed by atoms with Crippen LogP contribution in [0.25, 0.3) is 0 Å². The molecule has 1 rings (SSSR count). The molecule has 0 N–H and O–H groups in total. The molecule has 1 aliphatic rings. The first kappa shape index (κ1) is 11.4. The molecule has 0 saturated heterocycles. The molecule has 0 nitrogen and oxygen atoms in total. The summed E-state index contributed by atoms with van der Waals surface area (Å²) in [7, 11) is 0. The molecule has 0 aromatic heterocycles. The standard InChI is InChI=1S/C12H24S/c1-5-9-10(6-2)12(13,8-4)11(9)7-3/h9-11,13H,5-8H2,1-4H3. The summed E-state index contributed by atoms with van der Waals surface area (Å²) >= 11 is 4.94. The molecule has 2 atom stereocenters. The smallest absolute Gasteiger partial charge is 0.0188 e. The Bertz CT molecular complexity index is 153. The van der Waals surface area contributed by atoms with Gasteiger partial charge in [-0.1, -0.05) is 47.0 Å². The zero-order valence-corrected chi connectivity index (χ0v) is 10.4. The van der Waals surface area contributed by atoms with Gasteiger partial charge in [-0.25, -0.2) is 0 Å². The highest BCUT2D eigenvalue weighted by atomic mass is 32.1. The lowest BCUT2D eigenvalue weighted by Crippen LogP contribution is -2.58. The zero-order valence-electron chi connectivity index (χ0n) is 9.51. The third kappa shape index (κ3) is 1.54. The highest BCUT2D eigenvalue weighted by Gasteiger charge is 2.55. The average molecular weight is 200 g/mol. The third-order valence-corrected chi connectivity index (χ3v) is 5.21. The molecule has 0 aromatic carbocycles. The maximum absolute atomic E-state index is 4.94. The molecule has 1 fully saturated rings. The first-order chi connectivity index (χ1) is 6.15. The molecule has 0 aliphatic heterocycles. The van der Waals surface area contributed by atoms with E-state index in [1.165, 1.54) is 25.7 Å². The predicted octanol–water partition coefficient (Wildman–Crippen LogP) is 4.16.